The van der Waals surface area contributed by atoms with Gasteiger partial charge in [-0.05, 0) is 73.2 Å². The van der Waals surface area contributed by atoms with Gasteiger partial charge < -0.3 is 42.1 Å². The number of phenols is 2. The lowest BCUT2D eigenvalue weighted by Gasteiger charge is -2.32. The minimum absolute atomic E-state index is 0.0142. The van der Waals surface area contributed by atoms with Gasteiger partial charge in [-0.25, -0.2) is 9.97 Å². The van der Waals surface area contributed by atoms with Gasteiger partial charge in [0.25, 0.3) is 5.91 Å². The van der Waals surface area contributed by atoms with Crippen molar-refractivity contribution in [3.05, 3.63) is 94.8 Å². The van der Waals surface area contributed by atoms with E-state index in [2.05, 4.69) is 52.0 Å². The maximum atomic E-state index is 14.4. The molecule has 16 heteroatoms. The minimum atomic E-state index is -1.45. The fraction of sp³-hybridized carbons (Fsp3) is 0.349. The summed E-state index contributed by atoms with van der Waals surface area (Å²) in [5.74, 6) is -3.63. The summed E-state index contributed by atoms with van der Waals surface area (Å²) in [5.41, 5.74) is 9.21. The van der Waals surface area contributed by atoms with Gasteiger partial charge in [0.1, 0.15) is 42.2 Å². The molecule has 4 aromatic rings. The van der Waals surface area contributed by atoms with Gasteiger partial charge in [-0.2, -0.15) is 5.26 Å². The summed E-state index contributed by atoms with van der Waals surface area (Å²) in [6.45, 7) is 9.07. The molecule has 0 unspecified atom stereocenters. The molecule has 1 aliphatic rings. The Kier molecular flexibility index (Phi) is 13.3. The van der Waals surface area contributed by atoms with Crippen LogP contribution in [0.4, 0.5) is 0 Å². The van der Waals surface area contributed by atoms with Gasteiger partial charge in [0, 0.05) is 36.4 Å². The fourth-order valence-corrected chi connectivity index (χ4v) is 6.75. The fourth-order valence-electron chi connectivity index (χ4n) is 6.75. The summed E-state index contributed by atoms with van der Waals surface area (Å²) < 4.78 is 0. The Labute approximate surface area is 342 Å². The van der Waals surface area contributed by atoms with Gasteiger partial charge in [0.2, 0.25) is 23.6 Å². The lowest BCUT2D eigenvalue weighted by molar-refractivity contribution is -0.141. The average Bonchev–Trinajstić information content (AvgIpc) is 3.19. The number of phenolic OH excluding ortho intramolecular Hbond substituents is 2. The van der Waals surface area contributed by atoms with Crippen LogP contribution in [0.3, 0.4) is 0 Å². The first-order valence-electron chi connectivity index (χ1n) is 19.1. The molecule has 5 rings (SSSR count). The Balaban J connectivity index is 1.47. The van der Waals surface area contributed by atoms with Crippen molar-refractivity contribution in [1.82, 2.24) is 36.1 Å². The first-order chi connectivity index (χ1) is 27.9. The number of nitriles is 1. The number of aromatic hydroxyl groups is 2. The number of nitrogens with two attached hydrogens (primary N) is 1. The predicted molar refractivity (Wildman–Crippen MR) is 218 cm³/mol. The lowest BCUT2D eigenvalue weighted by atomic mass is 9.87. The summed E-state index contributed by atoms with van der Waals surface area (Å²) >= 11 is 0. The maximum absolute atomic E-state index is 14.4. The summed E-state index contributed by atoms with van der Waals surface area (Å²) in [6.07, 6.45) is 1.31. The van der Waals surface area contributed by atoms with E-state index in [9.17, 15) is 34.2 Å². The van der Waals surface area contributed by atoms with Crippen LogP contribution in [-0.4, -0.2) is 92.9 Å². The molecular weight excluding hydrogens is 755 g/mol. The Morgan fingerprint density at radius 3 is 2.29 bits per heavy atom. The van der Waals surface area contributed by atoms with Gasteiger partial charge in [0.05, 0.1) is 17.3 Å². The first kappa shape index (κ1) is 43.3. The van der Waals surface area contributed by atoms with E-state index in [1.807, 2.05) is 30.3 Å². The molecule has 4 bridgehead atoms. The number of nitrogens with zero attached hydrogens (tertiary/aromatic N) is 4. The highest BCUT2D eigenvalue weighted by molar-refractivity contribution is 6.00. The van der Waals surface area contributed by atoms with E-state index in [4.69, 9.17) is 11.0 Å². The van der Waals surface area contributed by atoms with E-state index < -0.39 is 53.7 Å². The Morgan fingerprint density at radius 2 is 1.66 bits per heavy atom. The monoisotopic (exact) mass is 803 g/mol. The van der Waals surface area contributed by atoms with Gasteiger partial charge in [-0.1, -0.05) is 57.2 Å². The number of fused-ring (bicyclic) bond motifs is 5. The van der Waals surface area contributed by atoms with Crippen molar-refractivity contribution in [2.75, 3.05) is 20.1 Å². The largest absolute Gasteiger partial charge is 0.507 e. The molecule has 0 radical (unpaired) electrons. The van der Waals surface area contributed by atoms with Crippen LogP contribution < -0.4 is 27.0 Å². The van der Waals surface area contributed by atoms with Crippen molar-refractivity contribution in [1.29, 1.82) is 5.26 Å². The van der Waals surface area contributed by atoms with E-state index in [1.165, 1.54) is 50.5 Å². The zero-order chi connectivity index (χ0) is 43.2. The van der Waals surface area contributed by atoms with Crippen molar-refractivity contribution in [3.8, 4) is 40.1 Å². The van der Waals surface area contributed by atoms with E-state index in [-0.39, 0.29) is 65.1 Å². The zero-order valence-corrected chi connectivity index (χ0v) is 33.8. The molecule has 1 aliphatic heterocycles. The number of likely N-dealkylation sites (N-methyl/N-ethyl adjacent to an activating group) is 1. The van der Waals surface area contributed by atoms with Gasteiger partial charge in [0.15, 0.2) is 5.82 Å². The number of benzene rings is 3. The van der Waals surface area contributed by atoms with Crippen molar-refractivity contribution in [3.63, 3.8) is 0 Å². The average molecular weight is 804 g/mol. The molecule has 16 nitrogen and oxygen atoms in total. The van der Waals surface area contributed by atoms with Crippen LogP contribution in [0.15, 0.2) is 66.9 Å². The molecule has 3 aromatic carbocycles. The predicted octanol–water partition coefficient (Wildman–Crippen LogP) is 2.66. The first-order valence-corrected chi connectivity index (χ1v) is 19.1. The highest BCUT2D eigenvalue weighted by Crippen LogP contribution is 2.39. The van der Waals surface area contributed by atoms with E-state index in [0.29, 0.717) is 17.1 Å². The number of rotatable bonds is 9. The number of aromatic nitrogens is 2. The number of nitrogens with one attached hydrogen (secondary N) is 4. The van der Waals surface area contributed by atoms with Crippen molar-refractivity contribution >= 4 is 29.5 Å². The quantitative estimate of drug-likeness (QED) is 0.121. The zero-order valence-electron chi connectivity index (χ0n) is 33.8. The number of amides is 5. The molecule has 0 aliphatic carbocycles. The number of aryl methyl sites for hydroxylation is 1. The highest BCUT2D eigenvalue weighted by Gasteiger charge is 2.36. The molecule has 0 saturated heterocycles. The van der Waals surface area contributed by atoms with Gasteiger partial charge in [-0.15, -0.1) is 0 Å². The van der Waals surface area contributed by atoms with E-state index in [1.54, 1.807) is 13.0 Å². The van der Waals surface area contributed by atoms with Crippen molar-refractivity contribution in [2.24, 2.45) is 5.73 Å². The molecule has 2 heterocycles. The SMILES string of the molecule is Cc1nc(-c2ccc(C(C)(C)C)cc2)ncc1C(=O)N[C@@H](CCN)C(=O)N(C)[C@@H]1C(=O)N[C@@H](C)C(=O)N[C@H](C(=O)NCC#N)Cc2ccc(O)c(c2)-c2cc1ccc2O. The molecule has 8 N–H and O–H groups in total. The standard InChI is InChI=1S/C43H49N9O7/c1-23-31(22-47-37(48-23)26-8-11-28(12-9-26)43(3,4)5)39(56)50-32(15-16-44)42(59)52(6)36-27-10-14-35(54)30(21-27)29-19-25(7-13-34(29)53)20-33(40(57)46-18-17-45)51-38(55)24(2)49-41(36)58/h7-14,19,21-22,24,32-33,36,53-54H,15-16,18,20,44H2,1-6H3,(H,46,57)(H,49,58)(H,50,56)(H,51,55)/t24-,32-,33-,36-/m0/s1. The summed E-state index contributed by atoms with van der Waals surface area (Å²) in [4.78, 5) is 78.9. The van der Waals surface area contributed by atoms with Crippen LogP contribution in [0.5, 0.6) is 11.5 Å². The smallest absolute Gasteiger partial charge is 0.255 e. The normalized spacial score (nSPS) is 17.3. The Morgan fingerprint density at radius 1 is 1.00 bits per heavy atom. The molecule has 308 valence electrons. The van der Waals surface area contributed by atoms with E-state index in [0.717, 1.165) is 16.0 Å². The second-order valence-corrected chi connectivity index (χ2v) is 15.5. The molecule has 1 aromatic heterocycles. The van der Waals surface area contributed by atoms with Crippen LogP contribution in [0.2, 0.25) is 0 Å². The second-order valence-electron chi connectivity index (χ2n) is 15.5. The van der Waals surface area contributed by atoms with Gasteiger partial charge in [-0.3, -0.25) is 24.0 Å². The summed E-state index contributed by atoms with van der Waals surface area (Å²) in [7, 11) is 1.35. The van der Waals surface area contributed by atoms with Crippen LogP contribution in [0, 0.1) is 18.3 Å². The molecule has 4 atom stereocenters. The molecule has 0 spiro atoms. The van der Waals surface area contributed by atoms with Crippen LogP contribution >= 0.6 is 0 Å². The lowest BCUT2D eigenvalue weighted by Crippen LogP contribution is -2.56. The van der Waals surface area contributed by atoms with Crippen molar-refractivity contribution < 1.29 is 34.2 Å². The third-order valence-corrected chi connectivity index (χ3v) is 10.1. The summed E-state index contributed by atoms with van der Waals surface area (Å²) in [6, 6.07) is 13.2. The van der Waals surface area contributed by atoms with Crippen LogP contribution in [0.1, 0.15) is 72.9 Å². The minimum Gasteiger partial charge on any atom is -0.507 e. The maximum Gasteiger partial charge on any atom is 0.255 e. The molecule has 5 amide bonds. The summed E-state index contributed by atoms with van der Waals surface area (Å²) in [5, 5.41) is 41.4. The van der Waals surface area contributed by atoms with Crippen LogP contribution in [0.25, 0.3) is 22.5 Å². The highest BCUT2D eigenvalue weighted by atomic mass is 16.3. The number of carbonyl (C=O) groups is 5. The molecule has 59 heavy (non-hydrogen) atoms. The third kappa shape index (κ3) is 10.00. The van der Waals surface area contributed by atoms with Crippen LogP contribution in [-0.2, 0) is 31.0 Å². The number of hydrogen-bond acceptors (Lipinski definition) is 11. The number of hydrogen-bond donors (Lipinski definition) is 7. The molecule has 0 fully saturated rings. The van der Waals surface area contributed by atoms with Gasteiger partial charge >= 0.3 is 0 Å². The molecule has 0 saturated carbocycles. The van der Waals surface area contributed by atoms with E-state index >= 15 is 0 Å². The molecular formula is C43H49N9O7. The topological polar surface area (TPSA) is 253 Å². The Hall–Kier alpha value is -6.86. The second kappa shape index (κ2) is 18.2. The number of carbonyl (C=O) groups excluding carboxylic acids is 5. The Bertz CT molecular complexity index is 2300. The van der Waals surface area contributed by atoms with Crippen molar-refractivity contribution in [2.45, 2.75) is 77.0 Å². The third-order valence-electron chi connectivity index (χ3n) is 10.1.